The second kappa shape index (κ2) is 14.3. The van der Waals surface area contributed by atoms with Crippen molar-refractivity contribution in [3.05, 3.63) is 36.0 Å². The van der Waals surface area contributed by atoms with Gasteiger partial charge in [-0.3, -0.25) is 4.79 Å². The van der Waals surface area contributed by atoms with Crippen molar-refractivity contribution in [3.8, 4) is 0 Å². The Hall–Kier alpha value is -1.61. The molecule has 0 aliphatic heterocycles. The first-order valence-corrected chi connectivity index (χ1v) is 8.45. The highest BCUT2D eigenvalue weighted by Crippen LogP contribution is 2.19. The van der Waals surface area contributed by atoms with Gasteiger partial charge in [-0.2, -0.15) is 0 Å². The number of rotatable bonds is 4. The number of benzene rings is 1. The molecule has 2 N–H and O–H groups in total. The first-order chi connectivity index (χ1) is 10.7. The number of Topliss-reactive ketones (excluding diaryl/α,β-unsaturated/α-hetero) is 1. The highest BCUT2D eigenvalue weighted by molar-refractivity contribution is 5.86. The third-order valence-electron chi connectivity index (χ3n) is 2.94. The van der Waals surface area contributed by atoms with Gasteiger partial charge in [0, 0.05) is 17.1 Å². The summed E-state index contributed by atoms with van der Waals surface area (Å²) in [6.45, 7) is 13.6. The van der Waals surface area contributed by atoms with Gasteiger partial charge in [0.1, 0.15) is 5.78 Å². The number of nitrogens with one attached hydrogen (secondary N) is 2. The maximum atomic E-state index is 11.4. The van der Waals surface area contributed by atoms with Crippen LogP contribution in [-0.2, 0) is 11.2 Å². The third kappa shape index (κ3) is 6.90. The number of hydrogen-bond donors (Lipinski definition) is 2. The maximum Gasteiger partial charge on any atom is 0.147 e. The largest absolute Gasteiger partial charge is 0.361 e. The lowest BCUT2D eigenvalue weighted by Crippen LogP contribution is -2.34. The quantitative estimate of drug-likeness (QED) is 0.838. The summed E-state index contributed by atoms with van der Waals surface area (Å²) in [6.07, 6.45) is 2.72. The van der Waals surface area contributed by atoms with Crippen molar-refractivity contribution in [2.75, 3.05) is 7.05 Å². The Morgan fingerprint density at radius 3 is 2.14 bits per heavy atom. The Labute approximate surface area is 136 Å². The SMILES string of the molecule is CC.CC.CC.CNC(Cc1c[nH]c2ccccc12)C(C)=O. The molecule has 22 heavy (non-hydrogen) atoms. The molecule has 0 fully saturated rings. The second-order valence-corrected chi connectivity index (χ2v) is 4.02. The maximum absolute atomic E-state index is 11.4. The molecule has 0 aliphatic carbocycles. The average Bonchev–Trinajstić information content (AvgIpc) is 3.01. The van der Waals surface area contributed by atoms with Gasteiger partial charge in [-0.05, 0) is 32.0 Å². The monoisotopic (exact) mass is 306 g/mol. The third-order valence-corrected chi connectivity index (χ3v) is 2.94. The molecule has 1 atom stereocenters. The fraction of sp³-hybridized carbons (Fsp3) is 0.526. The Balaban J connectivity index is 0. The zero-order chi connectivity index (χ0) is 17.5. The van der Waals surface area contributed by atoms with Crippen LogP contribution in [-0.4, -0.2) is 23.9 Å². The summed E-state index contributed by atoms with van der Waals surface area (Å²) >= 11 is 0. The fourth-order valence-corrected chi connectivity index (χ4v) is 1.97. The van der Waals surface area contributed by atoms with Gasteiger partial charge in [0.05, 0.1) is 6.04 Å². The molecular formula is C19H34N2O. The molecule has 0 saturated heterocycles. The molecule has 3 nitrogen and oxygen atoms in total. The van der Waals surface area contributed by atoms with Gasteiger partial charge < -0.3 is 10.3 Å². The lowest BCUT2D eigenvalue weighted by atomic mass is 10.0. The molecule has 1 aromatic carbocycles. The van der Waals surface area contributed by atoms with Gasteiger partial charge in [0.15, 0.2) is 0 Å². The van der Waals surface area contributed by atoms with Gasteiger partial charge in [0.25, 0.3) is 0 Å². The molecule has 2 rings (SSSR count). The van der Waals surface area contributed by atoms with Crippen LogP contribution in [0.15, 0.2) is 30.5 Å². The normalized spacial score (nSPS) is 10.2. The number of H-pyrrole nitrogens is 1. The van der Waals surface area contributed by atoms with Crippen molar-refractivity contribution >= 4 is 16.7 Å². The highest BCUT2D eigenvalue weighted by Gasteiger charge is 2.14. The fourth-order valence-electron chi connectivity index (χ4n) is 1.97. The van der Waals surface area contributed by atoms with Crippen LogP contribution in [0.3, 0.4) is 0 Å². The molecule has 0 bridgehead atoms. The second-order valence-electron chi connectivity index (χ2n) is 4.02. The Kier molecular flexibility index (Phi) is 14.8. The molecule has 126 valence electrons. The zero-order valence-electron chi connectivity index (χ0n) is 15.6. The lowest BCUT2D eigenvalue weighted by molar-refractivity contribution is -0.118. The topological polar surface area (TPSA) is 44.9 Å². The number of carbonyl (C=O) groups excluding carboxylic acids is 1. The van der Waals surface area contributed by atoms with Crippen molar-refractivity contribution in [2.24, 2.45) is 0 Å². The van der Waals surface area contributed by atoms with Crippen molar-refractivity contribution in [1.29, 1.82) is 0 Å². The van der Waals surface area contributed by atoms with Crippen molar-refractivity contribution < 1.29 is 4.79 Å². The summed E-state index contributed by atoms with van der Waals surface area (Å²) in [5.41, 5.74) is 2.31. The van der Waals surface area contributed by atoms with E-state index in [4.69, 9.17) is 0 Å². The van der Waals surface area contributed by atoms with Gasteiger partial charge in [0.2, 0.25) is 0 Å². The summed E-state index contributed by atoms with van der Waals surface area (Å²) in [5, 5.41) is 4.24. The van der Waals surface area contributed by atoms with Crippen LogP contribution in [0.2, 0.25) is 0 Å². The van der Waals surface area contributed by atoms with Crippen molar-refractivity contribution in [1.82, 2.24) is 10.3 Å². The number of ketones is 1. The van der Waals surface area contributed by atoms with Crippen LogP contribution in [0.4, 0.5) is 0 Å². The van der Waals surface area contributed by atoms with E-state index in [0.29, 0.717) is 0 Å². The standard InChI is InChI=1S/C13H16N2O.3C2H6/c1-9(16)13(14-2)7-10-8-15-12-6-4-3-5-11(10)12;3*1-2/h3-6,8,13-15H,7H2,1-2H3;3*1-2H3. The molecule has 3 heteroatoms. The van der Waals surface area contributed by atoms with Gasteiger partial charge in [-0.1, -0.05) is 59.7 Å². The highest BCUT2D eigenvalue weighted by atomic mass is 16.1. The Morgan fingerprint density at radius 1 is 1.09 bits per heavy atom. The lowest BCUT2D eigenvalue weighted by Gasteiger charge is -2.11. The summed E-state index contributed by atoms with van der Waals surface area (Å²) < 4.78 is 0. The molecular weight excluding hydrogens is 272 g/mol. The van der Waals surface area contributed by atoms with Crippen molar-refractivity contribution in [3.63, 3.8) is 0 Å². The number of fused-ring (bicyclic) bond motifs is 1. The smallest absolute Gasteiger partial charge is 0.147 e. The molecule has 1 aromatic heterocycles. The predicted molar refractivity (Wildman–Crippen MR) is 99.6 cm³/mol. The Morgan fingerprint density at radius 2 is 1.64 bits per heavy atom. The van der Waals surface area contributed by atoms with Crippen LogP contribution >= 0.6 is 0 Å². The molecule has 0 amide bonds. The van der Waals surface area contributed by atoms with E-state index in [0.717, 1.165) is 11.9 Å². The van der Waals surface area contributed by atoms with Gasteiger partial charge in [-0.25, -0.2) is 0 Å². The van der Waals surface area contributed by atoms with E-state index in [1.54, 1.807) is 6.92 Å². The van der Waals surface area contributed by atoms with E-state index in [1.807, 2.05) is 73.0 Å². The van der Waals surface area contributed by atoms with Crippen LogP contribution in [0.5, 0.6) is 0 Å². The van der Waals surface area contributed by atoms with Crippen LogP contribution in [0.1, 0.15) is 54.0 Å². The van der Waals surface area contributed by atoms with Crippen LogP contribution in [0, 0.1) is 0 Å². The molecule has 0 radical (unpaired) electrons. The Bertz CT molecular complexity index is 503. The first-order valence-electron chi connectivity index (χ1n) is 8.45. The van der Waals surface area contributed by atoms with E-state index in [1.165, 1.54) is 10.9 Å². The van der Waals surface area contributed by atoms with E-state index in [2.05, 4.69) is 16.4 Å². The molecule has 2 aromatic rings. The van der Waals surface area contributed by atoms with Gasteiger partial charge in [-0.15, -0.1) is 0 Å². The predicted octanol–water partition coefficient (Wildman–Crippen LogP) is 4.97. The van der Waals surface area contributed by atoms with Crippen LogP contribution in [0.25, 0.3) is 10.9 Å². The van der Waals surface area contributed by atoms with E-state index >= 15 is 0 Å². The number of para-hydroxylation sites is 1. The minimum atomic E-state index is -0.0980. The first kappa shape index (κ1) is 22.7. The number of carbonyl (C=O) groups is 1. The number of likely N-dealkylation sites (N-methyl/N-ethyl adjacent to an activating group) is 1. The van der Waals surface area contributed by atoms with Crippen molar-refractivity contribution in [2.45, 2.75) is 60.9 Å². The minimum absolute atomic E-state index is 0.0980. The summed E-state index contributed by atoms with van der Waals surface area (Å²) in [7, 11) is 1.82. The molecule has 1 heterocycles. The zero-order valence-corrected chi connectivity index (χ0v) is 15.6. The van der Waals surface area contributed by atoms with E-state index < -0.39 is 0 Å². The molecule has 0 saturated carbocycles. The number of aromatic nitrogens is 1. The molecule has 0 aliphatic rings. The number of aromatic amines is 1. The van der Waals surface area contributed by atoms with Gasteiger partial charge >= 0.3 is 0 Å². The molecule has 0 spiro atoms. The summed E-state index contributed by atoms with van der Waals surface area (Å²) in [5.74, 6) is 0.174. The summed E-state index contributed by atoms with van der Waals surface area (Å²) in [6, 6.07) is 8.04. The van der Waals surface area contributed by atoms with E-state index in [9.17, 15) is 4.79 Å². The minimum Gasteiger partial charge on any atom is -0.361 e. The summed E-state index contributed by atoms with van der Waals surface area (Å²) in [4.78, 5) is 14.6. The number of hydrogen-bond acceptors (Lipinski definition) is 2. The van der Waals surface area contributed by atoms with E-state index in [-0.39, 0.29) is 11.8 Å². The average molecular weight is 306 g/mol. The van der Waals surface area contributed by atoms with Crippen LogP contribution < -0.4 is 5.32 Å². The molecule has 1 unspecified atom stereocenters.